The Morgan fingerprint density at radius 1 is 1.14 bits per heavy atom. The molecule has 0 amide bonds. The van der Waals surface area contributed by atoms with Crippen LogP contribution < -0.4 is 10.1 Å². The van der Waals surface area contributed by atoms with Gasteiger partial charge >= 0.3 is 0 Å². The third kappa shape index (κ3) is 3.86. The number of hydrogen-bond donors (Lipinski definition) is 2. The average molecular weight is 412 g/mol. The lowest BCUT2D eigenvalue weighted by atomic mass is 9.80. The van der Waals surface area contributed by atoms with Crippen molar-refractivity contribution in [1.82, 2.24) is 25.3 Å². The van der Waals surface area contributed by atoms with Gasteiger partial charge in [0.25, 0.3) is 5.19 Å². The molecule has 2 fully saturated rings. The highest BCUT2D eigenvalue weighted by molar-refractivity contribution is 7.16. The Bertz CT molecular complexity index is 998. The fraction of sp³-hybridized carbons (Fsp3) is 0.476. The fourth-order valence-electron chi connectivity index (χ4n) is 4.60. The molecule has 29 heavy (non-hydrogen) atoms. The number of aryl methyl sites for hydroxylation is 1. The molecule has 2 aromatic heterocycles. The molecule has 1 aromatic carbocycles. The van der Waals surface area contributed by atoms with E-state index in [-0.39, 0.29) is 11.9 Å². The Kier molecular flexibility index (Phi) is 4.75. The Morgan fingerprint density at radius 3 is 2.62 bits per heavy atom. The van der Waals surface area contributed by atoms with E-state index in [1.165, 1.54) is 24.2 Å². The van der Waals surface area contributed by atoms with Gasteiger partial charge in [-0.05, 0) is 56.7 Å². The third-order valence-electron chi connectivity index (χ3n) is 5.81. The van der Waals surface area contributed by atoms with Crippen LogP contribution in [0.25, 0.3) is 16.3 Å². The molecule has 0 spiro atoms. The highest BCUT2D eigenvalue weighted by Gasteiger charge is 2.35. The molecule has 2 atom stereocenters. The van der Waals surface area contributed by atoms with Crippen LogP contribution in [0.1, 0.15) is 38.3 Å². The van der Waals surface area contributed by atoms with Gasteiger partial charge in [0.05, 0.1) is 16.9 Å². The molecule has 2 aliphatic heterocycles. The van der Waals surface area contributed by atoms with E-state index in [1.54, 1.807) is 10.7 Å². The SMILES string of the molecule is Cc1ccn(-c2ccc(-c3nnc(OC4CC5CC(C)CC(C4)N5)s3)c(O)c2)n1. The second-order valence-electron chi connectivity index (χ2n) is 8.32. The summed E-state index contributed by atoms with van der Waals surface area (Å²) in [6.07, 6.45) is 6.51. The van der Waals surface area contributed by atoms with Crippen molar-refractivity contribution in [3.8, 4) is 27.2 Å². The molecule has 5 rings (SSSR count). The molecule has 3 aromatic rings. The summed E-state index contributed by atoms with van der Waals surface area (Å²) in [5, 5.41) is 28.3. The zero-order chi connectivity index (χ0) is 20.0. The molecule has 0 radical (unpaired) electrons. The van der Waals surface area contributed by atoms with E-state index in [9.17, 15) is 5.11 Å². The first-order valence-corrected chi connectivity index (χ1v) is 11.0. The van der Waals surface area contributed by atoms with E-state index in [4.69, 9.17) is 4.74 Å². The minimum Gasteiger partial charge on any atom is -0.507 e. The van der Waals surface area contributed by atoms with E-state index in [2.05, 4.69) is 27.5 Å². The van der Waals surface area contributed by atoms with Crippen molar-refractivity contribution in [1.29, 1.82) is 0 Å². The van der Waals surface area contributed by atoms with Crippen LogP contribution in [-0.2, 0) is 0 Å². The van der Waals surface area contributed by atoms with Gasteiger partial charge in [-0.15, -0.1) is 5.10 Å². The van der Waals surface area contributed by atoms with Gasteiger partial charge in [0, 0.05) is 24.3 Å². The number of rotatable bonds is 4. The van der Waals surface area contributed by atoms with Gasteiger partial charge in [-0.25, -0.2) is 4.68 Å². The minimum absolute atomic E-state index is 0.156. The Labute approximate surface area is 173 Å². The summed E-state index contributed by atoms with van der Waals surface area (Å²) in [5.74, 6) is 0.945. The summed E-state index contributed by atoms with van der Waals surface area (Å²) in [6, 6.07) is 8.46. The summed E-state index contributed by atoms with van der Waals surface area (Å²) in [7, 11) is 0. The highest BCUT2D eigenvalue weighted by atomic mass is 32.1. The second kappa shape index (κ2) is 7.42. The van der Waals surface area contributed by atoms with Crippen molar-refractivity contribution in [2.24, 2.45) is 5.92 Å². The summed E-state index contributed by atoms with van der Waals surface area (Å²) < 4.78 is 7.91. The van der Waals surface area contributed by atoms with Crippen molar-refractivity contribution in [3.63, 3.8) is 0 Å². The first kappa shape index (κ1) is 18.6. The van der Waals surface area contributed by atoms with Crippen molar-refractivity contribution in [2.75, 3.05) is 0 Å². The van der Waals surface area contributed by atoms with Crippen molar-refractivity contribution < 1.29 is 9.84 Å². The van der Waals surface area contributed by atoms with Gasteiger partial charge < -0.3 is 15.2 Å². The molecule has 2 N–H and O–H groups in total. The van der Waals surface area contributed by atoms with Gasteiger partial charge in [-0.3, -0.25) is 0 Å². The Hall–Kier alpha value is -2.45. The Balaban J connectivity index is 1.30. The quantitative estimate of drug-likeness (QED) is 0.681. The number of aromatic nitrogens is 4. The first-order valence-electron chi connectivity index (χ1n) is 10.2. The predicted molar refractivity (Wildman–Crippen MR) is 112 cm³/mol. The largest absolute Gasteiger partial charge is 0.507 e. The van der Waals surface area contributed by atoms with Crippen LogP contribution in [0.5, 0.6) is 10.9 Å². The maximum Gasteiger partial charge on any atom is 0.294 e. The van der Waals surface area contributed by atoms with Crippen molar-refractivity contribution >= 4 is 11.3 Å². The molecule has 0 aliphatic carbocycles. The zero-order valence-corrected chi connectivity index (χ0v) is 17.4. The van der Waals surface area contributed by atoms with Crippen molar-refractivity contribution in [2.45, 2.75) is 57.7 Å². The van der Waals surface area contributed by atoms with Gasteiger partial charge in [0.15, 0.2) is 5.01 Å². The highest BCUT2D eigenvalue weighted by Crippen LogP contribution is 2.37. The maximum absolute atomic E-state index is 10.5. The van der Waals surface area contributed by atoms with Gasteiger partial charge in [-0.2, -0.15) is 5.10 Å². The third-order valence-corrected chi connectivity index (χ3v) is 6.66. The average Bonchev–Trinajstić information content (AvgIpc) is 3.30. The number of nitrogens with zero attached hydrogens (tertiary/aromatic N) is 4. The summed E-state index contributed by atoms with van der Waals surface area (Å²) in [5.41, 5.74) is 2.38. The molecule has 0 saturated carbocycles. The normalized spacial score (nSPS) is 26.4. The first-order chi connectivity index (χ1) is 14.0. The topological polar surface area (TPSA) is 85.1 Å². The number of fused-ring (bicyclic) bond motifs is 2. The van der Waals surface area contributed by atoms with E-state index >= 15 is 0 Å². The van der Waals surface area contributed by atoms with Gasteiger partial charge in [0.1, 0.15) is 11.9 Å². The molecule has 7 nitrogen and oxygen atoms in total. The van der Waals surface area contributed by atoms with E-state index < -0.39 is 0 Å². The molecule has 152 valence electrons. The number of piperidine rings is 2. The number of phenolic OH excluding ortho intramolecular Hbond substituents is 1. The summed E-state index contributed by atoms with van der Waals surface area (Å²) >= 11 is 1.38. The van der Waals surface area contributed by atoms with Crippen LogP contribution in [-0.4, -0.2) is 43.3 Å². The number of ether oxygens (including phenoxy) is 1. The lowest BCUT2D eigenvalue weighted by Crippen LogP contribution is -2.53. The van der Waals surface area contributed by atoms with E-state index in [0.29, 0.717) is 27.8 Å². The summed E-state index contributed by atoms with van der Waals surface area (Å²) in [4.78, 5) is 0. The van der Waals surface area contributed by atoms with Gasteiger partial charge in [-0.1, -0.05) is 23.4 Å². The van der Waals surface area contributed by atoms with Gasteiger partial charge in [0.2, 0.25) is 0 Å². The monoisotopic (exact) mass is 411 g/mol. The molecule has 4 heterocycles. The van der Waals surface area contributed by atoms with Crippen LogP contribution in [0.4, 0.5) is 0 Å². The second-order valence-corrected chi connectivity index (χ2v) is 9.26. The summed E-state index contributed by atoms with van der Waals surface area (Å²) in [6.45, 7) is 4.27. The lowest BCUT2D eigenvalue weighted by molar-refractivity contribution is 0.0767. The lowest BCUT2D eigenvalue weighted by Gasteiger charge is -2.42. The smallest absolute Gasteiger partial charge is 0.294 e. The standard InChI is InChI=1S/C21H25N5O2S/c1-12-7-14-9-17(10-15(8-12)22-14)28-21-24-23-20(29-21)18-4-3-16(11-19(18)27)26-6-5-13(2)25-26/h3-6,11-12,14-15,17,22,27H,7-10H2,1-2H3. The number of benzene rings is 1. The van der Waals surface area contributed by atoms with E-state index in [0.717, 1.165) is 30.1 Å². The molecule has 2 bridgehead atoms. The predicted octanol–water partition coefficient (Wildman–Crippen LogP) is 3.70. The molecule has 8 heteroatoms. The zero-order valence-electron chi connectivity index (χ0n) is 16.6. The number of aromatic hydroxyl groups is 1. The fourth-order valence-corrected chi connectivity index (χ4v) is 5.40. The van der Waals surface area contributed by atoms with Crippen LogP contribution >= 0.6 is 11.3 Å². The molecule has 2 unspecified atom stereocenters. The van der Waals surface area contributed by atoms with Crippen molar-refractivity contribution in [3.05, 3.63) is 36.2 Å². The van der Waals surface area contributed by atoms with E-state index in [1.807, 2.05) is 31.3 Å². The number of phenols is 1. The maximum atomic E-state index is 10.5. The molecule has 2 saturated heterocycles. The minimum atomic E-state index is 0.156. The van der Waals surface area contributed by atoms with Crippen LogP contribution in [0.3, 0.4) is 0 Å². The Morgan fingerprint density at radius 2 is 1.93 bits per heavy atom. The molecular formula is C21H25N5O2S. The van der Waals surface area contributed by atoms with Crippen LogP contribution in [0, 0.1) is 12.8 Å². The number of nitrogens with one attached hydrogen (secondary N) is 1. The van der Waals surface area contributed by atoms with Crippen LogP contribution in [0.15, 0.2) is 30.5 Å². The van der Waals surface area contributed by atoms with Crippen LogP contribution in [0.2, 0.25) is 0 Å². The molecule has 2 aliphatic rings. The molecular weight excluding hydrogens is 386 g/mol. The number of hydrogen-bond acceptors (Lipinski definition) is 7.